The molecule has 0 bridgehead atoms. The Labute approximate surface area is 161 Å². The molecule has 0 aliphatic rings. The number of amides is 1. The fourth-order valence-electron chi connectivity index (χ4n) is 2.34. The van der Waals surface area contributed by atoms with Crippen molar-refractivity contribution in [3.05, 3.63) is 70.9 Å². The van der Waals surface area contributed by atoms with Crippen molar-refractivity contribution in [3.63, 3.8) is 0 Å². The van der Waals surface area contributed by atoms with E-state index >= 15 is 0 Å². The van der Waals surface area contributed by atoms with E-state index < -0.39 is 15.9 Å². The molecule has 1 amide bonds. The van der Waals surface area contributed by atoms with Crippen LogP contribution in [0.5, 0.6) is 0 Å². The standard InChI is InChI=1S/C18H16ClN3O4S/c1-20-27(24,25)15-7-5-12(6-8-15)11-21-18(23)16-10-17(26-22-16)13-3-2-4-14(19)9-13/h2-10,20H,11H2,1H3,(H,21,23). The fourth-order valence-corrected chi connectivity index (χ4v) is 3.26. The zero-order valence-corrected chi connectivity index (χ0v) is 15.8. The number of rotatable bonds is 6. The van der Waals surface area contributed by atoms with Crippen molar-refractivity contribution in [2.45, 2.75) is 11.4 Å². The number of benzene rings is 2. The summed E-state index contributed by atoms with van der Waals surface area (Å²) < 4.78 is 30.8. The molecule has 3 rings (SSSR count). The first kappa shape index (κ1) is 19.1. The molecule has 0 aliphatic heterocycles. The molecule has 0 saturated heterocycles. The molecule has 140 valence electrons. The highest BCUT2D eigenvalue weighted by Gasteiger charge is 2.14. The van der Waals surface area contributed by atoms with Crippen LogP contribution in [0.15, 0.2) is 64.0 Å². The lowest BCUT2D eigenvalue weighted by Crippen LogP contribution is -2.23. The van der Waals surface area contributed by atoms with Crippen LogP contribution in [0.25, 0.3) is 11.3 Å². The number of nitrogens with one attached hydrogen (secondary N) is 2. The van der Waals surface area contributed by atoms with E-state index in [9.17, 15) is 13.2 Å². The van der Waals surface area contributed by atoms with Crippen molar-refractivity contribution in [3.8, 4) is 11.3 Å². The molecule has 0 unspecified atom stereocenters. The molecular weight excluding hydrogens is 390 g/mol. The van der Waals surface area contributed by atoms with Gasteiger partial charge in [0.2, 0.25) is 10.0 Å². The average Bonchev–Trinajstić information content (AvgIpc) is 3.17. The maximum Gasteiger partial charge on any atom is 0.273 e. The van der Waals surface area contributed by atoms with Crippen LogP contribution >= 0.6 is 11.6 Å². The molecule has 2 N–H and O–H groups in total. The monoisotopic (exact) mass is 405 g/mol. The number of carbonyl (C=O) groups is 1. The van der Waals surface area contributed by atoms with E-state index in [1.54, 1.807) is 36.4 Å². The third-order valence-electron chi connectivity index (χ3n) is 3.81. The maximum atomic E-state index is 12.2. The van der Waals surface area contributed by atoms with Gasteiger partial charge in [-0.15, -0.1) is 0 Å². The van der Waals surface area contributed by atoms with Crippen LogP contribution in [0.3, 0.4) is 0 Å². The van der Waals surface area contributed by atoms with Gasteiger partial charge >= 0.3 is 0 Å². The minimum atomic E-state index is -3.49. The van der Waals surface area contributed by atoms with Gasteiger partial charge in [-0.25, -0.2) is 13.1 Å². The lowest BCUT2D eigenvalue weighted by molar-refractivity contribution is 0.0942. The van der Waals surface area contributed by atoms with Crippen LogP contribution < -0.4 is 10.0 Å². The number of hydrogen-bond donors (Lipinski definition) is 2. The van der Waals surface area contributed by atoms with Gasteiger partial charge in [0.15, 0.2) is 11.5 Å². The first-order chi connectivity index (χ1) is 12.9. The Morgan fingerprint density at radius 2 is 1.89 bits per heavy atom. The van der Waals surface area contributed by atoms with Gasteiger partial charge in [-0.2, -0.15) is 0 Å². The Morgan fingerprint density at radius 3 is 2.56 bits per heavy atom. The van der Waals surface area contributed by atoms with E-state index in [0.717, 1.165) is 11.1 Å². The molecule has 0 fully saturated rings. The summed E-state index contributed by atoms with van der Waals surface area (Å²) in [7, 11) is -2.14. The highest BCUT2D eigenvalue weighted by Crippen LogP contribution is 2.23. The maximum absolute atomic E-state index is 12.2. The predicted octanol–water partition coefficient (Wildman–Crippen LogP) is 2.83. The molecule has 0 atom stereocenters. The van der Waals surface area contributed by atoms with Crippen molar-refractivity contribution >= 4 is 27.5 Å². The minimum absolute atomic E-state index is 0.138. The largest absolute Gasteiger partial charge is 0.355 e. The van der Waals surface area contributed by atoms with Gasteiger partial charge in [0, 0.05) is 23.2 Å². The predicted molar refractivity (Wildman–Crippen MR) is 101 cm³/mol. The van der Waals surface area contributed by atoms with Crippen LogP contribution in [0.2, 0.25) is 5.02 Å². The number of halogens is 1. The second-order valence-electron chi connectivity index (χ2n) is 5.62. The van der Waals surface area contributed by atoms with Gasteiger partial charge in [-0.05, 0) is 36.9 Å². The summed E-state index contributed by atoms with van der Waals surface area (Å²) in [5, 5.41) is 7.04. The molecule has 1 aromatic heterocycles. The Morgan fingerprint density at radius 1 is 1.15 bits per heavy atom. The number of aromatic nitrogens is 1. The number of nitrogens with zero attached hydrogens (tertiary/aromatic N) is 1. The molecular formula is C18H16ClN3O4S. The molecule has 0 spiro atoms. The van der Waals surface area contributed by atoms with Gasteiger partial charge < -0.3 is 9.84 Å². The van der Waals surface area contributed by atoms with E-state index in [0.29, 0.717) is 10.8 Å². The van der Waals surface area contributed by atoms with Crippen molar-refractivity contribution in [1.82, 2.24) is 15.2 Å². The number of carbonyl (C=O) groups excluding carboxylic acids is 1. The van der Waals surface area contributed by atoms with Crippen LogP contribution in [0.4, 0.5) is 0 Å². The molecule has 0 radical (unpaired) electrons. The van der Waals surface area contributed by atoms with Crippen LogP contribution in [-0.4, -0.2) is 26.5 Å². The van der Waals surface area contributed by atoms with Gasteiger partial charge in [-0.1, -0.05) is 41.0 Å². The molecule has 9 heteroatoms. The highest BCUT2D eigenvalue weighted by molar-refractivity contribution is 7.89. The Balaban J connectivity index is 1.65. The molecule has 2 aromatic carbocycles. The van der Waals surface area contributed by atoms with Gasteiger partial charge in [0.25, 0.3) is 5.91 Å². The minimum Gasteiger partial charge on any atom is -0.355 e. The van der Waals surface area contributed by atoms with Gasteiger partial charge in [0.1, 0.15) is 0 Å². The SMILES string of the molecule is CNS(=O)(=O)c1ccc(CNC(=O)c2cc(-c3cccc(Cl)c3)on2)cc1. The summed E-state index contributed by atoms with van der Waals surface area (Å²) in [5.74, 6) is 0.0308. The molecule has 7 nitrogen and oxygen atoms in total. The van der Waals surface area contributed by atoms with E-state index in [1.807, 2.05) is 0 Å². The van der Waals surface area contributed by atoms with Gasteiger partial charge in [-0.3, -0.25) is 4.79 Å². The lowest BCUT2D eigenvalue weighted by atomic mass is 10.1. The normalized spacial score (nSPS) is 11.3. The Hall–Kier alpha value is -2.68. The van der Waals surface area contributed by atoms with Crippen molar-refractivity contribution < 1.29 is 17.7 Å². The zero-order valence-electron chi connectivity index (χ0n) is 14.3. The van der Waals surface area contributed by atoms with E-state index in [4.69, 9.17) is 16.1 Å². The Kier molecular flexibility index (Phi) is 5.59. The van der Waals surface area contributed by atoms with Crippen LogP contribution in [-0.2, 0) is 16.6 Å². The smallest absolute Gasteiger partial charge is 0.273 e. The molecule has 1 heterocycles. The second-order valence-corrected chi connectivity index (χ2v) is 7.94. The zero-order chi connectivity index (χ0) is 19.4. The highest BCUT2D eigenvalue weighted by atomic mass is 35.5. The summed E-state index contributed by atoms with van der Waals surface area (Å²) in [6.45, 7) is 0.220. The van der Waals surface area contributed by atoms with E-state index in [1.165, 1.54) is 25.2 Å². The fraction of sp³-hybridized carbons (Fsp3) is 0.111. The van der Waals surface area contributed by atoms with Crippen LogP contribution in [0, 0.1) is 0 Å². The number of hydrogen-bond acceptors (Lipinski definition) is 5. The van der Waals surface area contributed by atoms with Crippen LogP contribution in [0.1, 0.15) is 16.1 Å². The van der Waals surface area contributed by atoms with E-state index in [-0.39, 0.29) is 17.1 Å². The number of sulfonamides is 1. The molecule has 3 aromatic rings. The third-order valence-corrected chi connectivity index (χ3v) is 5.47. The van der Waals surface area contributed by atoms with Gasteiger partial charge in [0.05, 0.1) is 4.90 Å². The van der Waals surface area contributed by atoms with Crippen molar-refractivity contribution in [2.24, 2.45) is 0 Å². The summed E-state index contributed by atoms with van der Waals surface area (Å²) in [6, 6.07) is 14.8. The molecule has 0 saturated carbocycles. The topological polar surface area (TPSA) is 101 Å². The third kappa shape index (κ3) is 4.54. The summed E-state index contributed by atoms with van der Waals surface area (Å²) >= 11 is 5.95. The average molecular weight is 406 g/mol. The summed E-state index contributed by atoms with van der Waals surface area (Å²) in [4.78, 5) is 12.4. The molecule has 27 heavy (non-hydrogen) atoms. The molecule has 0 aliphatic carbocycles. The van der Waals surface area contributed by atoms with E-state index in [2.05, 4.69) is 15.2 Å². The first-order valence-corrected chi connectivity index (χ1v) is 9.78. The van der Waals surface area contributed by atoms with Crippen molar-refractivity contribution in [1.29, 1.82) is 0 Å². The first-order valence-electron chi connectivity index (χ1n) is 7.92. The van der Waals surface area contributed by atoms with Crippen molar-refractivity contribution in [2.75, 3.05) is 7.05 Å². The quantitative estimate of drug-likeness (QED) is 0.656. The Bertz CT molecular complexity index is 1060. The summed E-state index contributed by atoms with van der Waals surface area (Å²) in [5.41, 5.74) is 1.60. The second kappa shape index (κ2) is 7.91. The lowest BCUT2D eigenvalue weighted by Gasteiger charge is -2.05. The summed E-state index contributed by atoms with van der Waals surface area (Å²) in [6.07, 6.45) is 0.